The zero-order chi connectivity index (χ0) is 34.4. The first-order chi connectivity index (χ1) is 23.7. The smallest absolute Gasteiger partial charge is 0.297 e. The lowest BCUT2D eigenvalue weighted by molar-refractivity contribution is -0.105. The number of hydrogen-bond donors (Lipinski definition) is 0. The van der Waals surface area contributed by atoms with Gasteiger partial charge in [0.2, 0.25) is 0 Å². The van der Waals surface area contributed by atoms with Gasteiger partial charge >= 0.3 is 0 Å². The first-order valence-electron chi connectivity index (χ1n) is 16.2. The molecule has 2 aliphatic heterocycles. The molecule has 4 aromatic carbocycles. The Kier molecular flexibility index (Phi) is 10.9. The van der Waals surface area contributed by atoms with Crippen LogP contribution in [0.1, 0.15) is 54.5 Å². The van der Waals surface area contributed by atoms with Crippen LogP contribution in [0, 0.1) is 18.6 Å². The molecule has 0 N–H and O–H groups in total. The summed E-state index contributed by atoms with van der Waals surface area (Å²) in [5, 5.41) is 0. The highest BCUT2D eigenvalue weighted by Crippen LogP contribution is 2.49. The van der Waals surface area contributed by atoms with Crippen LogP contribution >= 0.6 is 0 Å². The summed E-state index contributed by atoms with van der Waals surface area (Å²) in [5.74, 6) is -0.481. The number of halogens is 2. The predicted octanol–water partition coefficient (Wildman–Crippen LogP) is 8.04. The monoisotopic (exact) mass is 692 g/mol. The number of benzene rings is 4. The Morgan fingerprint density at radius 2 is 1.55 bits per heavy atom. The largest absolute Gasteiger partial charge is 0.491 e. The van der Waals surface area contributed by atoms with E-state index in [1.807, 2.05) is 62.4 Å². The maximum atomic E-state index is 15.9. The number of fused-ring (bicyclic) bond motifs is 1. The third-order valence-corrected chi connectivity index (χ3v) is 9.66. The Labute approximate surface area is 285 Å². The van der Waals surface area contributed by atoms with E-state index in [0.29, 0.717) is 34.8 Å². The fraction of sp³-hybridized carbons (Fsp3) is 0.316. The molecule has 2 aliphatic rings. The van der Waals surface area contributed by atoms with Gasteiger partial charge in [0.15, 0.2) is 6.29 Å². The molecule has 0 spiro atoms. The van der Waals surface area contributed by atoms with Crippen LogP contribution in [0.5, 0.6) is 17.2 Å². The number of aryl methyl sites for hydroxylation is 1. The normalized spacial score (nSPS) is 17.7. The summed E-state index contributed by atoms with van der Waals surface area (Å²) >= 11 is 0. The van der Waals surface area contributed by atoms with E-state index < -0.39 is 27.9 Å². The van der Waals surface area contributed by atoms with Gasteiger partial charge in [-0.05, 0) is 68.2 Å². The minimum absolute atomic E-state index is 0.0182. The van der Waals surface area contributed by atoms with E-state index in [0.717, 1.165) is 42.5 Å². The predicted molar refractivity (Wildman–Crippen MR) is 180 cm³/mol. The van der Waals surface area contributed by atoms with E-state index in [1.54, 1.807) is 12.1 Å². The second kappa shape index (κ2) is 15.5. The fourth-order valence-corrected chi connectivity index (χ4v) is 6.72. The minimum atomic E-state index is -3.90. The highest BCUT2D eigenvalue weighted by atomic mass is 32.2. The molecule has 2 heterocycles. The molecule has 0 bridgehead atoms. The molecule has 8 nitrogen and oxygen atoms in total. The standard InChI is InChI=1S/C38H38F2O8S/c1-25-11-14-30(15-12-25)49(41,42)46-21-19-43-18-20-44-29-23-32(39)37(33(40)24-29)36-26(2)31-22-28(47-35-10-6-7-17-45-35)13-16-34(31)48-38(36)27-8-4-3-5-9-27/h3-5,8-9,11-16,22-24,35,38H,6-7,10,17-21H2,1-2H3. The van der Waals surface area contributed by atoms with Gasteiger partial charge in [0.05, 0.1) is 36.9 Å². The molecule has 11 heteroatoms. The Hall–Kier alpha value is -4.29. The summed E-state index contributed by atoms with van der Waals surface area (Å²) in [6, 6.07) is 23.3. The van der Waals surface area contributed by atoms with Gasteiger partial charge in [-0.1, -0.05) is 48.0 Å². The molecular weight excluding hydrogens is 654 g/mol. The Morgan fingerprint density at radius 3 is 2.27 bits per heavy atom. The van der Waals surface area contributed by atoms with E-state index in [9.17, 15) is 8.42 Å². The Morgan fingerprint density at radius 1 is 0.816 bits per heavy atom. The number of hydrogen-bond acceptors (Lipinski definition) is 8. The van der Waals surface area contributed by atoms with E-state index in [1.165, 1.54) is 12.1 Å². The van der Waals surface area contributed by atoms with Gasteiger partial charge in [-0.15, -0.1) is 0 Å². The van der Waals surface area contributed by atoms with Crippen molar-refractivity contribution >= 4 is 21.3 Å². The van der Waals surface area contributed by atoms with Crippen LogP contribution < -0.4 is 14.2 Å². The van der Waals surface area contributed by atoms with Gasteiger partial charge in [0, 0.05) is 29.7 Å². The van der Waals surface area contributed by atoms with Gasteiger partial charge in [0.1, 0.15) is 41.6 Å². The second-order valence-corrected chi connectivity index (χ2v) is 13.4. The zero-order valence-electron chi connectivity index (χ0n) is 27.3. The van der Waals surface area contributed by atoms with Gasteiger partial charge in [-0.25, -0.2) is 8.78 Å². The lowest BCUT2D eigenvalue weighted by Crippen LogP contribution is -2.25. The first-order valence-corrected chi connectivity index (χ1v) is 17.6. The summed E-state index contributed by atoms with van der Waals surface area (Å²) in [5.41, 5.74) is 3.13. The number of allylic oxidation sites excluding steroid dienone is 1. The van der Waals surface area contributed by atoms with Crippen molar-refractivity contribution in [1.82, 2.24) is 0 Å². The molecule has 1 fully saturated rings. The van der Waals surface area contributed by atoms with Crippen molar-refractivity contribution in [3.63, 3.8) is 0 Å². The SMILES string of the molecule is CC1=C(c2c(F)cc(OCCOCCOS(=O)(=O)c3ccc(C)cc3)cc2F)C(c2ccccc2)Oc2ccc(OC3CCCCO3)cc21. The summed E-state index contributed by atoms with van der Waals surface area (Å²) < 4.78 is 90.7. The maximum absolute atomic E-state index is 15.9. The number of ether oxygens (including phenoxy) is 5. The van der Waals surface area contributed by atoms with Crippen LogP contribution in [0.15, 0.2) is 89.8 Å². The van der Waals surface area contributed by atoms with Crippen LogP contribution in [0.4, 0.5) is 8.78 Å². The fourth-order valence-electron chi connectivity index (χ4n) is 5.83. The highest BCUT2D eigenvalue weighted by Gasteiger charge is 2.33. The molecule has 1 saturated heterocycles. The third-order valence-electron chi connectivity index (χ3n) is 8.33. The van der Waals surface area contributed by atoms with Crippen molar-refractivity contribution in [3.8, 4) is 17.2 Å². The van der Waals surface area contributed by atoms with E-state index in [-0.39, 0.29) is 48.9 Å². The van der Waals surface area contributed by atoms with E-state index >= 15 is 8.78 Å². The van der Waals surface area contributed by atoms with E-state index in [4.69, 9.17) is 27.9 Å². The average molecular weight is 693 g/mol. The van der Waals surface area contributed by atoms with Crippen molar-refractivity contribution in [1.29, 1.82) is 0 Å². The summed E-state index contributed by atoms with van der Waals surface area (Å²) in [6.07, 6.45) is 1.68. The highest BCUT2D eigenvalue weighted by molar-refractivity contribution is 7.86. The van der Waals surface area contributed by atoms with Gasteiger partial charge in [-0.2, -0.15) is 8.42 Å². The minimum Gasteiger partial charge on any atom is -0.491 e. The van der Waals surface area contributed by atoms with Crippen molar-refractivity contribution in [3.05, 3.63) is 119 Å². The molecule has 0 amide bonds. The van der Waals surface area contributed by atoms with Crippen LogP contribution in [0.3, 0.4) is 0 Å². The van der Waals surface area contributed by atoms with Crippen molar-refractivity contribution in [2.24, 2.45) is 0 Å². The van der Waals surface area contributed by atoms with Crippen LogP contribution in [0.25, 0.3) is 11.1 Å². The van der Waals surface area contributed by atoms with E-state index in [2.05, 4.69) is 0 Å². The molecule has 6 rings (SSSR count). The quantitative estimate of drug-likeness (QED) is 0.103. The molecule has 0 aromatic heterocycles. The Bertz CT molecular complexity index is 1870. The molecule has 2 unspecified atom stereocenters. The lowest BCUT2D eigenvalue weighted by atomic mass is 9.85. The Balaban J connectivity index is 1.14. The summed E-state index contributed by atoms with van der Waals surface area (Å²) in [6.45, 7) is 4.12. The second-order valence-electron chi connectivity index (χ2n) is 11.8. The molecular formula is C38H38F2O8S. The maximum Gasteiger partial charge on any atom is 0.297 e. The molecule has 258 valence electrons. The lowest BCUT2D eigenvalue weighted by Gasteiger charge is -2.32. The first kappa shape index (κ1) is 34.6. The van der Waals surface area contributed by atoms with Crippen molar-refractivity contribution < 1.29 is 45.1 Å². The third kappa shape index (κ3) is 8.30. The summed E-state index contributed by atoms with van der Waals surface area (Å²) in [4.78, 5) is 0.0579. The molecule has 0 radical (unpaired) electrons. The molecule has 0 saturated carbocycles. The van der Waals surface area contributed by atoms with Crippen LogP contribution in [-0.4, -0.2) is 47.7 Å². The zero-order valence-corrected chi connectivity index (χ0v) is 28.1. The molecule has 0 aliphatic carbocycles. The van der Waals surface area contributed by atoms with Gasteiger partial charge in [0.25, 0.3) is 10.1 Å². The molecule has 2 atom stereocenters. The van der Waals surface area contributed by atoms with Crippen molar-refractivity contribution in [2.75, 3.05) is 33.0 Å². The number of rotatable bonds is 13. The van der Waals surface area contributed by atoms with Gasteiger partial charge in [-0.3, -0.25) is 4.18 Å². The average Bonchev–Trinajstić information content (AvgIpc) is 3.09. The molecule has 49 heavy (non-hydrogen) atoms. The van der Waals surface area contributed by atoms with Gasteiger partial charge < -0.3 is 23.7 Å². The van der Waals surface area contributed by atoms with Crippen LogP contribution in [0.2, 0.25) is 0 Å². The summed E-state index contributed by atoms with van der Waals surface area (Å²) in [7, 11) is -3.90. The van der Waals surface area contributed by atoms with Crippen molar-refractivity contribution in [2.45, 2.75) is 50.4 Å². The van der Waals surface area contributed by atoms with Crippen LogP contribution in [-0.2, 0) is 23.8 Å². The topological polar surface area (TPSA) is 89.5 Å². The molecule has 4 aromatic rings.